The Balaban J connectivity index is 1.84. The number of aryl methyl sites for hydroxylation is 1. The number of carbonyl (C=O) groups excluding carboxylic acids is 1. The zero-order valence-corrected chi connectivity index (χ0v) is 11.1. The Labute approximate surface area is 108 Å². The standard InChI is InChI=1S/C14H21N3O/c1-11-9-17(10-12(2)16-11)14(18)4-3-13-5-7-15-8-6-13/h5-8,11-12,16H,3-4,9-10H2,1-2H3/t11-,12-/m0/s1. The summed E-state index contributed by atoms with van der Waals surface area (Å²) in [6.07, 6.45) is 4.93. The van der Waals surface area contributed by atoms with Gasteiger partial charge in [-0.15, -0.1) is 0 Å². The Hall–Kier alpha value is -1.42. The lowest BCUT2D eigenvalue weighted by Crippen LogP contribution is -2.55. The summed E-state index contributed by atoms with van der Waals surface area (Å²) in [5, 5.41) is 3.44. The summed E-state index contributed by atoms with van der Waals surface area (Å²) >= 11 is 0. The Kier molecular flexibility index (Phi) is 4.31. The first kappa shape index (κ1) is 13.0. The largest absolute Gasteiger partial charge is 0.340 e. The van der Waals surface area contributed by atoms with E-state index in [1.54, 1.807) is 12.4 Å². The van der Waals surface area contributed by atoms with Crippen molar-refractivity contribution in [3.8, 4) is 0 Å². The summed E-state index contributed by atoms with van der Waals surface area (Å²) in [6.45, 7) is 5.89. The van der Waals surface area contributed by atoms with Crippen molar-refractivity contribution in [1.29, 1.82) is 0 Å². The van der Waals surface area contributed by atoms with Crippen molar-refractivity contribution in [3.05, 3.63) is 30.1 Å². The predicted molar refractivity (Wildman–Crippen MR) is 71.2 cm³/mol. The molecule has 0 aliphatic carbocycles. The monoisotopic (exact) mass is 247 g/mol. The van der Waals surface area contributed by atoms with Crippen molar-refractivity contribution in [2.45, 2.75) is 38.8 Å². The summed E-state index contributed by atoms with van der Waals surface area (Å²) in [4.78, 5) is 18.1. The lowest BCUT2D eigenvalue weighted by atomic mass is 10.1. The van der Waals surface area contributed by atoms with Crippen LogP contribution >= 0.6 is 0 Å². The Morgan fingerprint density at radius 1 is 1.33 bits per heavy atom. The summed E-state index contributed by atoms with van der Waals surface area (Å²) in [6, 6.07) is 4.71. The zero-order valence-electron chi connectivity index (χ0n) is 11.1. The van der Waals surface area contributed by atoms with Gasteiger partial charge in [0.05, 0.1) is 0 Å². The van der Waals surface area contributed by atoms with E-state index < -0.39 is 0 Å². The lowest BCUT2D eigenvalue weighted by molar-refractivity contribution is -0.132. The highest BCUT2D eigenvalue weighted by molar-refractivity contribution is 5.76. The number of piperazine rings is 1. The second-order valence-electron chi connectivity index (χ2n) is 5.12. The van der Waals surface area contributed by atoms with Crippen LogP contribution in [0.25, 0.3) is 0 Å². The first-order chi connectivity index (χ1) is 8.65. The highest BCUT2D eigenvalue weighted by Gasteiger charge is 2.24. The maximum absolute atomic E-state index is 12.1. The van der Waals surface area contributed by atoms with Gasteiger partial charge in [0.1, 0.15) is 0 Å². The van der Waals surface area contributed by atoms with Crippen LogP contribution in [-0.2, 0) is 11.2 Å². The van der Waals surface area contributed by atoms with Crippen molar-refractivity contribution < 1.29 is 4.79 Å². The molecule has 1 fully saturated rings. The molecule has 0 spiro atoms. The third-order valence-electron chi connectivity index (χ3n) is 3.29. The molecule has 0 bridgehead atoms. The Morgan fingerprint density at radius 2 is 1.94 bits per heavy atom. The van der Waals surface area contributed by atoms with Gasteiger partial charge in [0, 0.05) is 44.0 Å². The number of amides is 1. The van der Waals surface area contributed by atoms with Crippen LogP contribution in [0, 0.1) is 0 Å². The molecule has 0 saturated carbocycles. The minimum atomic E-state index is 0.256. The molecule has 1 saturated heterocycles. The third-order valence-corrected chi connectivity index (χ3v) is 3.29. The topological polar surface area (TPSA) is 45.2 Å². The Bertz CT molecular complexity index is 383. The minimum Gasteiger partial charge on any atom is -0.340 e. The number of pyridine rings is 1. The molecule has 2 atom stereocenters. The van der Waals surface area contributed by atoms with Crippen LogP contribution in [0.2, 0.25) is 0 Å². The molecule has 0 radical (unpaired) electrons. The van der Waals surface area contributed by atoms with Gasteiger partial charge in [-0.2, -0.15) is 0 Å². The summed E-state index contributed by atoms with van der Waals surface area (Å²) in [5.74, 6) is 0.256. The highest BCUT2D eigenvalue weighted by atomic mass is 16.2. The number of nitrogens with zero attached hydrogens (tertiary/aromatic N) is 2. The van der Waals surface area contributed by atoms with Crippen LogP contribution in [0.4, 0.5) is 0 Å². The van der Waals surface area contributed by atoms with E-state index in [1.807, 2.05) is 17.0 Å². The number of carbonyl (C=O) groups is 1. The van der Waals surface area contributed by atoms with Crippen molar-refractivity contribution in [1.82, 2.24) is 15.2 Å². The lowest BCUT2D eigenvalue weighted by Gasteiger charge is -2.36. The number of hydrogen-bond acceptors (Lipinski definition) is 3. The molecular formula is C14H21N3O. The van der Waals surface area contributed by atoms with E-state index in [2.05, 4.69) is 24.1 Å². The average Bonchev–Trinajstić information content (AvgIpc) is 2.36. The van der Waals surface area contributed by atoms with Gasteiger partial charge in [0.2, 0.25) is 5.91 Å². The molecule has 0 unspecified atom stereocenters. The number of hydrogen-bond donors (Lipinski definition) is 1. The fourth-order valence-corrected chi connectivity index (χ4v) is 2.49. The molecule has 1 aliphatic heterocycles. The molecule has 18 heavy (non-hydrogen) atoms. The number of rotatable bonds is 3. The van der Waals surface area contributed by atoms with Crippen LogP contribution in [0.15, 0.2) is 24.5 Å². The van der Waals surface area contributed by atoms with Crippen LogP contribution in [0.5, 0.6) is 0 Å². The van der Waals surface area contributed by atoms with Gasteiger partial charge >= 0.3 is 0 Å². The van der Waals surface area contributed by atoms with E-state index in [0.29, 0.717) is 18.5 Å². The molecule has 1 N–H and O–H groups in total. The van der Waals surface area contributed by atoms with Gasteiger partial charge in [0.25, 0.3) is 0 Å². The van der Waals surface area contributed by atoms with Crippen molar-refractivity contribution in [2.75, 3.05) is 13.1 Å². The third kappa shape index (κ3) is 3.53. The first-order valence-corrected chi connectivity index (χ1v) is 6.58. The van der Waals surface area contributed by atoms with Gasteiger partial charge in [-0.05, 0) is 38.0 Å². The summed E-state index contributed by atoms with van der Waals surface area (Å²) in [5.41, 5.74) is 1.18. The zero-order chi connectivity index (χ0) is 13.0. The molecule has 2 rings (SSSR count). The van der Waals surface area contributed by atoms with E-state index in [-0.39, 0.29) is 5.91 Å². The van der Waals surface area contributed by atoms with Gasteiger partial charge in [-0.1, -0.05) is 0 Å². The van der Waals surface area contributed by atoms with E-state index in [9.17, 15) is 4.79 Å². The van der Waals surface area contributed by atoms with Gasteiger partial charge < -0.3 is 10.2 Å². The first-order valence-electron chi connectivity index (χ1n) is 6.58. The highest BCUT2D eigenvalue weighted by Crippen LogP contribution is 2.08. The van der Waals surface area contributed by atoms with Crippen LogP contribution in [-0.4, -0.2) is 41.0 Å². The van der Waals surface area contributed by atoms with Gasteiger partial charge in [0.15, 0.2) is 0 Å². The van der Waals surface area contributed by atoms with Crippen molar-refractivity contribution in [3.63, 3.8) is 0 Å². The van der Waals surface area contributed by atoms with E-state index in [4.69, 9.17) is 0 Å². The SMILES string of the molecule is C[C@H]1CN(C(=O)CCc2ccncc2)C[C@H](C)N1. The molecule has 1 aromatic heterocycles. The van der Waals surface area contributed by atoms with Gasteiger partial charge in [-0.3, -0.25) is 9.78 Å². The fourth-order valence-electron chi connectivity index (χ4n) is 2.49. The molecule has 98 valence electrons. The fraction of sp³-hybridized carbons (Fsp3) is 0.571. The molecule has 1 aliphatic rings. The van der Waals surface area contributed by atoms with E-state index in [0.717, 1.165) is 19.5 Å². The molecule has 4 heteroatoms. The molecule has 4 nitrogen and oxygen atoms in total. The molecule has 1 aromatic rings. The smallest absolute Gasteiger partial charge is 0.223 e. The van der Waals surface area contributed by atoms with E-state index in [1.165, 1.54) is 5.56 Å². The quantitative estimate of drug-likeness (QED) is 0.873. The van der Waals surface area contributed by atoms with Crippen LogP contribution < -0.4 is 5.32 Å². The number of aromatic nitrogens is 1. The maximum atomic E-state index is 12.1. The molecule has 2 heterocycles. The molecule has 0 aromatic carbocycles. The van der Waals surface area contributed by atoms with Crippen LogP contribution in [0.3, 0.4) is 0 Å². The summed E-state index contributed by atoms with van der Waals surface area (Å²) < 4.78 is 0. The van der Waals surface area contributed by atoms with Crippen molar-refractivity contribution >= 4 is 5.91 Å². The van der Waals surface area contributed by atoms with Crippen molar-refractivity contribution in [2.24, 2.45) is 0 Å². The van der Waals surface area contributed by atoms with E-state index >= 15 is 0 Å². The molecule has 1 amide bonds. The molecular weight excluding hydrogens is 226 g/mol. The van der Waals surface area contributed by atoms with Crippen LogP contribution in [0.1, 0.15) is 25.8 Å². The predicted octanol–water partition coefficient (Wildman–Crippen LogP) is 1.22. The minimum absolute atomic E-state index is 0.256. The Morgan fingerprint density at radius 3 is 2.56 bits per heavy atom. The average molecular weight is 247 g/mol. The number of nitrogens with one attached hydrogen (secondary N) is 1. The van der Waals surface area contributed by atoms with Gasteiger partial charge in [-0.25, -0.2) is 0 Å². The second-order valence-corrected chi connectivity index (χ2v) is 5.12. The normalized spacial score (nSPS) is 24.0. The second kappa shape index (κ2) is 5.96. The summed E-state index contributed by atoms with van der Waals surface area (Å²) in [7, 11) is 0. The maximum Gasteiger partial charge on any atom is 0.223 e.